The normalized spacial score (nSPS) is 13.6. The smallest absolute Gasteiger partial charge is 0.0784 e. The van der Waals surface area contributed by atoms with E-state index < -0.39 is 11.6 Å². The van der Waals surface area contributed by atoms with Crippen molar-refractivity contribution in [3.05, 3.63) is 198 Å². The van der Waals surface area contributed by atoms with E-state index in [2.05, 4.69) is 163 Å². The fourth-order valence-corrected chi connectivity index (χ4v) is 8.03. The Bertz CT molecular complexity index is 2260. The number of benzene rings is 7. The second kappa shape index (κ2) is 10.7. The molecule has 1 spiro atoms. The summed E-state index contributed by atoms with van der Waals surface area (Å²) in [5, 5.41) is 0. The van der Waals surface area contributed by atoms with Crippen LogP contribution in [0.15, 0.2) is 170 Å². The van der Waals surface area contributed by atoms with Crippen molar-refractivity contribution in [2.24, 2.45) is 11.5 Å². The molecule has 0 unspecified atom stereocenters. The molecule has 0 bridgehead atoms. The number of nitrogens with zero attached hydrogens (tertiary/aromatic N) is 1. The lowest BCUT2D eigenvalue weighted by atomic mass is 9.64. The van der Waals surface area contributed by atoms with Gasteiger partial charge in [0.2, 0.25) is 0 Å². The van der Waals surface area contributed by atoms with E-state index in [4.69, 9.17) is 11.5 Å². The van der Waals surface area contributed by atoms with Crippen LogP contribution >= 0.6 is 0 Å². The molecule has 1 aliphatic heterocycles. The molecule has 0 atom stereocenters. The molecule has 3 nitrogen and oxygen atoms in total. The number of fused-ring (bicyclic) bond motifs is 9. The Kier molecular flexibility index (Phi) is 6.26. The average molecular weight is 604 g/mol. The average Bonchev–Trinajstić information content (AvgIpc) is 3.42. The second-order valence-electron chi connectivity index (χ2n) is 12.5. The highest BCUT2D eigenvalue weighted by Gasteiger charge is 2.51. The highest BCUT2D eigenvalue weighted by Crippen LogP contribution is 2.63. The monoisotopic (exact) mass is 603 g/mol. The van der Waals surface area contributed by atoms with Crippen LogP contribution in [0, 0.1) is 0 Å². The van der Waals surface area contributed by atoms with Crippen LogP contribution < -0.4 is 16.4 Å². The third kappa shape index (κ3) is 4.01. The van der Waals surface area contributed by atoms with Gasteiger partial charge in [0.1, 0.15) is 0 Å². The SMILES string of the molecule is NC(N)c1cccc(-c2ccccc2-c2ccc3c(c2)C2(c4ccccc4-3)c3ccccc3N(c3ccccc3)c3ccccc32)c1. The molecule has 0 fully saturated rings. The number of anilines is 3. The van der Waals surface area contributed by atoms with Gasteiger partial charge in [0.05, 0.1) is 23.0 Å². The van der Waals surface area contributed by atoms with Gasteiger partial charge in [0, 0.05) is 5.69 Å². The minimum atomic E-state index is -0.526. The molecule has 2 aliphatic rings. The Labute approximate surface area is 275 Å². The zero-order chi connectivity index (χ0) is 31.5. The second-order valence-corrected chi connectivity index (χ2v) is 12.5. The lowest BCUT2D eigenvalue weighted by molar-refractivity contribution is 0.753. The van der Waals surface area contributed by atoms with Crippen LogP contribution in [0.2, 0.25) is 0 Å². The number of hydrogen-bond acceptors (Lipinski definition) is 3. The summed E-state index contributed by atoms with van der Waals surface area (Å²) in [5.74, 6) is 0. The molecular weight excluding hydrogens is 571 g/mol. The standard InChI is InChI=1S/C44H33N3/c45-43(46)31-14-12-13-29(27-31)33-17-4-5-18-34(33)30-25-26-36-35-19-6-7-20-37(35)44(40(36)28-30)38-21-8-10-23-41(38)47(32-15-2-1-3-16-32)42-24-11-9-22-39(42)44/h1-28,43H,45-46H2. The van der Waals surface area contributed by atoms with Gasteiger partial charge in [-0.2, -0.15) is 0 Å². The van der Waals surface area contributed by atoms with Gasteiger partial charge >= 0.3 is 0 Å². The van der Waals surface area contributed by atoms with Crippen molar-refractivity contribution in [1.82, 2.24) is 0 Å². The van der Waals surface area contributed by atoms with E-state index in [1.807, 2.05) is 12.1 Å². The third-order valence-electron chi connectivity index (χ3n) is 9.98. The fourth-order valence-electron chi connectivity index (χ4n) is 8.03. The van der Waals surface area contributed by atoms with Gasteiger partial charge in [-0.05, 0) is 97.6 Å². The summed E-state index contributed by atoms with van der Waals surface area (Å²) in [7, 11) is 0. The van der Waals surface area contributed by atoms with Gasteiger partial charge < -0.3 is 16.4 Å². The van der Waals surface area contributed by atoms with E-state index in [-0.39, 0.29) is 0 Å². The molecule has 7 aromatic rings. The summed E-state index contributed by atoms with van der Waals surface area (Å²) in [5.41, 5.74) is 28.5. The largest absolute Gasteiger partial charge is 0.312 e. The van der Waals surface area contributed by atoms with Crippen LogP contribution in [0.25, 0.3) is 33.4 Å². The third-order valence-corrected chi connectivity index (χ3v) is 9.98. The predicted molar refractivity (Wildman–Crippen MR) is 194 cm³/mol. The van der Waals surface area contributed by atoms with Gasteiger partial charge in [-0.1, -0.05) is 133 Å². The summed E-state index contributed by atoms with van der Waals surface area (Å²) in [6, 6.07) is 61.5. The van der Waals surface area contributed by atoms with Crippen molar-refractivity contribution in [3.63, 3.8) is 0 Å². The first-order chi connectivity index (χ1) is 23.2. The minimum absolute atomic E-state index is 0.498. The fraction of sp³-hybridized carbons (Fsp3) is 0.0455. The first-order valence-corrected chi connectivity index (χ1v) is 16.2. The van der Waals surface area contributed by atoms with Crippen LogP contribution in [0.1, 0.15) is 34.0 Å². The lowest BCUT2D eigenvalue weighted by Gasteiger charge is -2.45. The molecule has 1 heterocycles. The van der Waals surface area contributed by atoms with Gasteiger partial charge in [-0.25, -0.2) is 0 Å². The zero-order valence-corrected chi connectivity index (χ0v) is 25.8. The van der Waals surface area contributed by atoms with E-state index in [0.717, 1.165) is 22.4 Å². The maximum absolute atomic E-state index is 6.09. The molecule has 47 heavy (non-hydrogen) atoms. The van der Waals surface area contributed by atoms with E-state index >= 15 is 0 Å². The Morgan fingerprint density at radius 1 is 0.404 bits per heavy atom. The van der Waals surface area contributed by atoms with Crippen molar-refractivity contribution in [2.45, 2.75) is 11.6 Å². The predicted octanol–water partition coefficient (Wildman–Crippen LogP) is 10.1. The molecule has 9 rings (SSSR count). The molecule has 0 radical (unpaired) electrons. The quantitative estimate of drug-likeness (QED) is 0.197. The number of para-hydroxylation sites is 3. The van der Waals surface area contributed by atoms with Gasteiger partial charge in [0.25, 0.3) is 0 Å². The minimum Gasteiger partial charge on any atom is -0.312 e. The Morgan fingerprint density at radius 2 is 0.936 bits per heavy atom. The van der Waals surface area contributed by atoms with Crippen LogP contribution in [0.3, 0.4) is 0 Å². The van der Waals surface area contributed by atoms with E-state index in [1.54, 1.807) is 0 Å². The molecular formula is C44H33N3. The maximum atomic E-state index is 6.09. The summed E-state index contributed by atoms with van der Waals surface area (Å²) in [6.45, 7) is 0. The van der Waals surface area contributed by atoms with Crippen molar-refractivity contribution >= 4 is 17.1 Å². The molecule has 224 valence electrons. The summed E-state index contributed by atoms with van der Waals surface area (Å²) in [4.78, 5) is 2.42. The highest BCUT2D eigenvalue weighted by molar-refractivity contribution is 5.97. The molecule has 7 aromatic carbocycles. The molecule has 0 saturated heterocycles. The van der Waals surface area contributed by atoms with E-state index in [1.165, 1.54) is 55.9 Å². The molecule has 0 amide bonds. The summed E-state index contributed by atoms with van der Waals surface area (Å²) in [6.07, 6.45) is -0.526. The van der Waals surface area contributed by atoms with Gasteiger partial charge in [-0.15, -0.1) is 0 Å². The molecule has 3 heteroatoms. The first-order valence-electron chi connectivity index (χ1n) is 16.2. The van der Waals surface area contributed by atoms with E-state index in [9.17, 15) is 0 Å². The Hall–Kier alpha value is -5.74. The van der Waals surface area contributed by atoms with Crippen LogP contribution in [-0.4, -0.2) is 0 Å². The highest BCUT2D eigenvalue weighted by atomic mass is 15.2. The van der Waals surface area contributed by atoms with Crippen molar-refractivity contribution in [1.29, 1.82) is 0 Å². The number of hydrogen-bond donors (Lipinski definition) is 2. The topological polar surface area (TPSA) is 55.3 Å². The number of nitrogens with two attached hydrogens (primary N) is 2. The Balaban J connectivity index is 1.34. The van der Waals surface area contributed by atoms with Crippen LogP contribution in [0.4, 0.5) is 17.1 Å². The van der Waals surface area contributed by atoms with Gasteiger partial charge in [0.15, 0.2) is 0 Å². The van der Waals surface area contributed by atoms with Crippen molar-refractivity contribution in [2.75, 3.05) is 4.90 Å². The zero-order valence-electron chi connectivity index (χ0n) is 25.8. The Morgan fingerprint density at radius 3 is 1.60 bits per heavy atom. The molecule has 0 saturated carbocycles. The van der Waals surface area contributed by atoms with Crippen molar-refractivity contribution < 1.29 is 0 Å². The first kappa shape index (κ1) is 27.6. The van der Waals surface area contributed by atoms with Crippen molar-refractivity contribution in [3.8, 4) is 33.4 Å². The number of rotatable bonds is 4. The summed E-state index contributed by atoms with van der Waals surface area (Å²) < 4.78 is 0. The lowest BCUT2D eigenvalue weighted by Crippen LogP contribution is -2.36. The molecule has 0 aromatic heterocycles. The maximum Gasteiger partial charge on any atom is 0.0784 e. The molecule has 4 N–H and O–H groups in total. The van der Waals surface area contributed by atoms with Crippen LogP contribution in [0.5, 0.6) is 0 Å². The van der Waals surface area contributed by atoms with E-state index in [0.29, 0.717) is 0 Å². The van der Waals surface area contributed by atoms with Gasteiger partial charge in [-0.3, -0.25) is 0 Å². The molecule has 1 aliphatic carbocycles. The summed E-state index contributed by atoms with van der Waals surface area (Å²) >= 11 is 0. The van der Waals surface area contributed by atoms with Crippen LogP contribution in [-0.2, 0) is 5.41 Å².